The molecule has 106 valence electrons. The van der Waals surface area contributed by atoms with Gasteiger partial charge in [0.15, 0.2) is 0 Å². The number of aromatic hydroxyl groups is 1. The molecule has 0 unspecified atom stereocenters. The molecular formula is C14H20ClNO3. The fraction of sp³-hybridized carbons (Fsp3) is 0.357. The number of carbonyl (C=O) groups is 1. The number of phenolic OH excluding ortho intramolecular Hbond substituents is 1. The van der Waals surface area contributed by atoms with Crippen molar-refractivity contribution in [2.75, 3.05) is 18.0 Å². The van der Waals surface area contributed by atoms with Gasteiger partial charge in [-0.3, -0.25) is 0 Å². The van der Waals surface area contributed by atoms with Gasteiger partial charge in [0.2, 0.25) is 0 Å². The second-order valence-corrected chi connectivity index (χ2v) is 4.05. The molecule has 0 bridgehead atoms. The number of hydrogen-bond acceptors (Lipinski definition) is 3. The van der Waals surface area contributed by atoms with E-state index < -0.39 is 5.97 Å². The third-order valence-electron chi connectivity index (χ3n) is 2.85. The molecule has 5 heteroatoms. The molecule has 0 amide bonds. The smallest absolute Gasteiger partial charge is 0.331 e. The first-order valence-electron chi connectivity index (χ1n) is 5.99. The zero-order valence-corrected chi connectivity index (χ0v) is 12.2. The van der Waals surface area contributed by atoms with Crippen LogP contribution in [0.5, 0.6) is 5.75 Å². The summed E-state index contributed by atoms with van der Waals surface area (Å²) >= 11 is 0. The highest BCUT2D eigenvalue weighted by molar-refractivity contribution is 5.92. The van der Waals surface area contributed by atoms with E-state index in [0.29, 0.717) is 5.56 Å². The Labute approximate surface area is 119 Å². The minimum atomic E-state index is -0.984. The molecule has 19 heavy (non-hydrogen) atoms. The van der Waals surface area contributed by atoms with Gasteiger partial charge in [0, 0.05) is 36.0 Å². The van der Waals surface area contributed by atoms with E-state index in [4.69, 9.17) is 5.11 Å². The Bertz CT molecular complexity index is 468. The summed E-state index contributed by atoms with van der Waals surface area (Å²) in [6, 6.07) is 5.27. The predicted molar refractivity (Wildman–Crippen MR) is 80.2 cm³/mol. The fourth-order valence-electron chi connectivity index (χ4n) is 1.73. The van der Waals surface area contributed by atoms with Crippen molar-refractivity contribution in [2.45, 2.75) is 20.8 Å². The zero-order chi connectivity index (χ0) is 13.7. The second-order valence-electron chi connectivity index (χ2n) is 4.05. The lowest BCUT2D eigenvalue weighted by Crippen LogP contribution is -2.21. The van der Waals surface area contributed by atoms with Gasteiger partial charge < -0.3 is 15.1 Å². The van der Waals surface area contributed by atoms with Crippen LogP contribution in [0.25, 0.3) is 6.08 Å². The Morgan fingerprint density at radius 1 is 1.32 bits per heavy atom. The van der Waals surface area contributed by atoms with Crippen LogP contribution >= 0.6 is 12.4 Å². The number of rotatable bonds is 5. The van der Waals surface area contributed by atoms with Crippen LogP contribution in [0.3, 0.4) is 0 Å². The summed E-state index contributed by atoms with van der Waals surface area (Å²) in [5.74, 6) is -0.887. The van der Waals surface area contributed by atoms with E-state index in [1.165, 1.54) is 13.0 Å². The van der Waals surface area contributed by atoms with Gasteiger partial charge in [-0.2, -0.15) is 0 Å². The Morgan fingerprint density at radius 2 is 1.89 bits per heavy atom. The van der Waals surface area contributed by atoms with Crippen molar-refractivity contribution in [3.05, 3.63) is 29.3 Å². The van der Waals surface area contributed by atoms with E-state index in [9.17, 15) is 9.90 Å². The molecule has 0 saturated carbocycles. The number of aliphatic carboxylic acids is 1. The molecule has 0 atom stereocenters. The molecule has 0 aliphatic heterocycles. The first-order valence-corrected chi connectivity index (χ1v) is 5.99. The molecule has 1 aromatic carbocycles. The van der Waals surface area contributed by atoms with Crippen molar-refractivity contribution in [1.82, 2.24) is 0 Å². The van der Waals surface area contributed by atoms with Crippen molar-refractivity contribution in [2.24, 2.45) is 0 Å². The third-order valence-corrected chi connectivity index (χ3v) is 2.85. The molecule has 0 aliphatic rings. The van der Waals surface area contributed by atoms with Crippen LogP contribution in [0.2, 0.25) is 0 Å². The van der Waals surface area contributed by atoms with Gasteiger partial charge in [-0.1, -0.05) is 0 Å². The summed E-state index contributed by atoms with van der Waals surface area (Å²) < 4.78 is 0. The number of nitrogens with zero attached hydrogens (tertiary/aromatic N) is 1. The maximum absolute atomic E-state index is 10.7. The predicted octanol–water partition coefficient (Wildman–Crippen LogP) is 3.15. The summed E-state index contributed by atoms with van der Waals surface area (Å²) in [5.41, 5.74) is 1.65. The number of halogens is 1. The van der Waals surface area contributed by atoms with Gasteiger partial charge >= 0.3 is 5.97 Å². The molecule has 0 radical (unpaired) electrons. The molecule has 0 fully saturated rings. The Hall–Kier alpha value is -1.68. The van der Waals surface area contributed by atoms with Crippen LogP contribution < -0.4 is 4.90 Å². The quantitative estimate of drug-likeness (QED) is 0.816. The number of carboxylic acids is 1. The third kappa shape index (κ3) is 4.48. The molecule has 2 N–H and O–H groups in total. The Balaban J connectivity index is 0.00000324. The van der Waals surface area contributed by atoms with Crippen LogP contribution in [0, 0.1) is 0 Å². The van der Waals surface area contributed by atoms with Crippen LogP contribution in [-0.4, -0.2) is 29.3 Å². The molecule has 4 nitrogen and oxygen atoms in total. The lowest BCUT2D eigenvalue weighted by Gasteiger charge is -2.21. The minimum Gasteiger partial charge on any atom is -0.507 e. The SMILES string of the molecule is CCN(CC)c1ccc(C=C(C)C(=O)O)c(O)c1.Cl. The number of hydrogen-bond donors (Lipinski definition) is 2. The van der Waals surface area contributed by atoms with Crippen molar-refractivity contribution >= 4 is 30.1 Å². The first-order chi connectivity index (χ1) is 8.49. The van der Waals surface area contributed by atoms with E-state index in [-0.39, 0.29) is 23.7 Å². The summed E-state index contributed by atoms with van der Waals surface area (Å²) in [6.07, 6.45) is 1.46. The molecule has 1 aromatic rings. The van der Waals surface area contributed by atoms with Crippen molar-refractivity contribution in [3.63, 3.8) is 0 Å². The second kappa shape index (κ2) is 7.69. The Morgan fingerprint density at radius 3 is 2.32 bits per heavy atom. The Kier molecular flexibility index (Phi) is 7.01. The van der Waals surface area contributed by atoms with Gasteiger partial charge in [-0.15, -0.1) is 12.4 Å². The lowest BCUT2D eigenvalue weighted by molar-refractivity contribution is -0.132. The summed E-state index contributed by atoms with van der Waals surface area (Å²) in [4.78, 5) is 12.8. The first kappa shape index (κ1) is 17.3. The van der Waals surface area contributed by atoms with Crippen molar-refractivity contribution in [1.29, 1.82) is 0 Å². The average molecular weight is 286 g/mol. The molecule has 1 rings (SSSR count). The van der Waals surface area contributed by atoms with E-state index >= 15 is 0 Å². The highest BCUT2D eigenvalue weighted by atomic mass is 35.5. The zero-order valence-electron chi connectivity index (χ0n) is 11.4. The van der Waals surface area contributed by atoms with Crippen LogP contribution in [-0.2, 0) is 4.79 Å². The molecule has 0 aromatic heterocycles. The summed E-state index contributed by atoms with van der Waals surface area (Å²) in [7, 11) is 0. The summed E-state index contributed by atoms with van der Waals surface area (Å²) in [5, 5.41) is 18.7. The molecule has 0 heterocycles. The number of phenols is 1. The van der Waals surface area contributed by atoms with Gasteiger partial charge in [-0.25, -0.2) is 4.79 Å². The minimum absolute atomic E-state index is 0. The summed E-state index contributed by atoms with van der Waals surface area (Å²) in [6.45, 7) is 7.31. The van der Waals surface area contributed by atoms with Crippen LogP contribution in [0.4, 0.5) is 5.69 Å². The molecule has 0 aliphatic carbocycles. The van der Waals surface area contributed by atoms with E-state index in [1.54, 1.807) is 12.1 Å². The number of anilines is 1. The molecule has 0 saturated heterocycles. The highest BCUT2D eigenvalue weighted by Gasteiger charge is 2.07. The van der Waals surface area contributed by atoms with Gasteiger partial charge in [-0.05, 0) is 39.0 Å². The molecule has 0 spiro atoms. The van der Waals surface area contributed by atoms with Crippen LogP contribution in [0.1, 0.15) is 26.3 Å². The van der Waals surface area contributed by atoms with Gasteiger partial charge in [0.25, 0.3) is 0 Å². The van der Waals surface area contributed by atoms with Crippen molar-refractivity contribution < 1.29 is 15.0 Å². The standard InChI is InChI=1S/C14H19NO3.ClH/c1-4-15(5-2)12-7-6-11(13(16)9-12)8-10(3)14(17)18;/h6-9,16H,4-5H2,1-3H3,(H,17,18);1H. The number of carboxylic acid groups (broad SMARTS) is 1. The van der Waals surface area contributed by atoms with E-state index in [1.807, 2.05) is 19.9 Å². The van der Waals surface area contributed by atoms with Crippen LogP contribution in [0.15, 0.2) is 23.8 Å². The fourth-order valence-corrected chi connectivity index (χ4v) is 1.73. The maximum Gasteiger partial charge on any atom is 0.331 e. The normalized spacial score (nSPS) is 10.8. The molecular weight excluding hydrogens is 266 g/mol. The topological polar surface area (TPSA) is 60.8 Å². The maximum atomic E-state index is 10.7. The highest BCUT2D eigenvalue weighted by Crippen LogP contribution is 2.26. The lowest BCUT2D eigenvalue weighted by atomic mass is 10.1. The average Bonchev–Trinajstić information content (AvgIpc) is 2.33. The van der Waals surface area contributed by atoms with E-state index in [2.05, 4.69) is 4.90 Å². The number of benzene rings is 1. The van der Waals surface area contributed by atoms with Gasteiger partial charge in [0.05, 0.1) is 0 Å². The van der Waals surface area contributed by atoms with Crippen molar-refractivity contribution in [3.8, 4) is 5.75 Å². The monoisotopic (exact) mass is 285 g/mol. The van der Waals surface area contributed by atoms with E-state index in [0.717, 1.165) is 18.8 Å². The largest absolute Gasteiger partial charge is 0.507 e. The van der Waals surface area contributed by atoms with Gasteiger partial charge in [0.1, 0.15) is 5.75 Å².